The van der Waals surface area contributed by atoms with Crippen LogP contribution < -0.4 is 11.1 Å². The molecule has 0 unspecified atom stereocenters. The number of nitrogens with two attached hydrogens (primary N) is 1. The highest BCUT2D eigenvalue weighted by Gasteiger charge is 2.28. The number of halogens is 3. The van der Waals surface area contributed by atoms with Gasteiger partial charge in [-0.2, -0.15) is 13.2 Å². The Kier molecular flexibility index (Phi) is 5.82. The number of nitrogens with zero attached hydrogens (tertiary/aromatic N) is 1. The van der Waals surface area contributed by atoms with Gasteiger partial charge in [-0.05, 0) is 38.2 Å². The first-order chi connectivity index (χ1) is 9.28. The number of hydrogen-bond acceptors (Lipinski definition) is 3. The fourth-order valence-electron chi connectivity index (χ4n) is 1.72. The summed E-state index contributed by atoms with van der Waals surface area (Å²) in [7, 11) is 1.40. The average Bonchev–Trinajstić information content (AvgIpc) is 2.32. The molecular weight excluding hydrogens is 271 g/mol. The quantitative estimate of drug-likeness (QED) is 0.621. The van der Waals surface area contributed by atoms with E-state index in [4.69, 9.17) is 5.73 Å². The van der Waals surface area contributed by atoms with Crippen LogP contribution in [0.5, 0.6) is 0 Å². The van der Waals surface area contributed by atoms with Crippen LogP contribution in [0, 0.1) is 0 Å². The van der Waals surface area contributed by atoms with Crippen LogP contribution in [0.3, 0.4) is 0 Å². The van der Waals surface area contributed by atoms with Crippen molar-refractivity contribution in [1.29, 1.82) is 0 Å². The summed E-state index contributed by atoms with van der Waals surface area (Å²) in [6.45, 7) is -0.372. The zero-order valence-corrected chi connectivity index (χ0v) is 11.2. The van der Waals surface area contributed by atoms with E-state index in [1.54, 1.807) is 24.3 Å². The molecule has 20 heavy (non-hydrogen) atoms. The van der Waals surface area contributed by atoms with Gasteiger partial charge in [-0.1, -0.05) is 6.07 Å². The predicted octanol–water partition coefficient (Wildman–Crippen LogP) is 1.88. The van der Waals surface area contributed by atoms with E-state index in [1.165, 1.54) is 11.9 Å². The summed E-state index contributed by atoms with van der Waals surface area (Å²) in [6, 6.07) is 6.51. The van der Waals surface area contributed by atoms with Gasteiger partial charge >= 0.3 is 6.18 Å². The fourth-order valence-corrected chi connectivity index (χ4v) is 1.72. The molecule has 0 aliphatic rings. The van der Waals surface area contributed by atoms with Gasteiger partial charge in [-0.15, -0.1) is 0 Å². The zero-order chi connectivity index (χ0) is 15.2. The molecule has 0 aromatic heterocycles. The molecule has 0 aliphatic carbocycles. The minimum atomic E-state index is -4.19. The molecule has 112 valence electrons. The maximum Gasteiger partial charge on any atom is 0.401 e. The molecule has 0 aliphatic heterocycles. The molecule has 0 saturated carbocycles. The topological polar surface area (TPSA) is 58.4 Å². The van der Waals surface area contributed by atoms with Crippen molar-refractivity contribution in [3.63, 3.8) is 0 Å². The number of nitrogen functional groups attached to an aromatic ring is 1. The lowest BCUT2D eigenvalue weighted by Gasteiger charge is -2.18. The van der Waals surface area contributed by atoms with Crippen molar-refractivity contribution in [2.75, 3.05) is 32.4 Å². The third kappa shape index (κ3) is 6.42. The summed E-state index contributed by atoms with van der Waals surface area (Å²) in [5.74, 6) is -0.282. The number of benzene rings is 1. The molecular formula is C13H18F3N3O. The summed E-state index contributed by atoms with van der Waals surface area (Å²) < 4.78 is 36.2. The van der Waals surface area contributed by atoms with Crippen molar-refractivity contribution in [1.82, 2.24) is 10.2 Å². The first kappa shape index (κ1) is 16.3. The van der Waals surface area contributed by atoms with Crippen molar-refractivity contribution in [3.8, 4) is 0 Å². The van der Waals surface area contributed by atoms with Gasteiger partial charge in [0.1, 0.15) is 0 Å². The standard InChI is InChI=1S/C13H18F3N3O/c1-19(9-13(14,15)16)7-3-6-18-12(20)10-4-2-5-11(17)8-10/h2,4-5,8H,3,6-7,9,17H2,1H3,(H,18,20). The number of alkyl halides is 3. The minimum absolute atomic E-state index is 0.261. The highest BCUT2D eigenvalue weighted by atomic mass is 19.4. The Hall–Kier alpha value is -1.76. The molecule has 0 heterocycles. The van der Waals surface area contributed by atoms with E-state index >= 15 is 0 Å². The third-order valence-electron chi connectivity index (χ3n) is 2.60. The Morgan fingerprint density at radius 2 is 2.10 bits per heavy atom. The Morgan fingerprint density at radius 3 is 2.70 bits per heavy atom. The number of carbonyl (C=O) groups excluding carboxylic acids is 1. The van der Waals surface area contributed by atoms with Gasteiger partial charge in [0, 0.05) is 17.8 Å². The number of anilines is 1. The summed E-state index contributed by atoms with van der Waals surface area (Å²) in [4.78, 5) is 12.9. The molecule has 1 amide bonds. The Labute approximate surface area is 115 Å². The molecule has 0 bridgehead atoms. The average molecular weight is 289 g/mol. The summed E-state index contributed by atoms with van der Waals surface area (Å²) >= 11 is 0. The van der Waals surface area contributed by atoms with Gasteiger partial charge < -0.3 is 11.1 Å². The van der Waals surface area contributed by atoms with Crippen molar-refractivity contribution >= 4 is 11.6 Å². The second-order valence-electron chi connectivity index (χ2n) is 4.59. The lowest BCUT2D eigenvalue weighted by Crippen LogP contribution is -2.33. The van der Waals surface area contributed by atoms with Gasteiger partial charge in [0.2, 0.25) is 0 Å². The Balaban J connectivity index is 2.26. The van der Waals surface area contributed by atoms with Gasteiger partial charge in [0.15, 0.2) is 0 Å². The number of amides is 1. The van der Waals surface area contributed by atoms with Crippen LogP contribution in [0.2, 0.25) is 0 Å². The first-order valence-corrected chi connectivity index (χ1v) is 6.17. The lowest BCUT2D eigenvalue weighted by molar-refractivity contribution is -0.143. The van der Waals surface area contributed by atoms with Crippen LogP contribution in [0.15, 0.2) is 24.3 Å². The largest absolute Gasteiger partial charge is 0.401 e. The monoisotopic (exact) mass is 289 g/mol. The Morgan fingerprint density at radius 1 is 1.40 bits per heavy atom. The van der Waals surface area contributed by atoms with Crippen LogP contribution >= 0.6 is 0 Å². The van der Waals surface area contributed by atoms with E-state index in [0.717, 1.165) is 0 Å². The summed E-state index contributed by atoms with van der Waals surface area (Å²) in [5, 5.41) is 2.64. The predicted molar refractivity (Wildman–Crippen MR) is 71.4 cm³/mol. The van der Waals surface area contributed by atoms with Crippen LogP contribution in [0.4, 0.5) is 18.9 Å². The van der Waals surface area contributed by atoms with Gasteiger partial charge in [-0.3, -0.25) is 9.69 Å². The van der Waals surface area contributed by atoms with E-state index in [2.05, 4.69) is 5.32 Å². The third-order valence-corrected chi connectivity index (χ3v) is 2.60. The fraction of sp³-hybridized carbons (Fsp3) is 0.462. The minimum Gasteiger partial charge on any atom is -0.399 e. The smallest absolute Gasteiger partial charge is 0.399 e. The van der Waals surface area contributed by atoms with E-state index in [0.29, 0.717) is 24.2 Å². The molecule has 1 aromatic carbocycles. The number of rotatable bonds is 6. The van der Waals surface area contributed by atoms with Crippen molar-refractivity contribution in [2.45, 2.75) is 12.6 Å². The first-order valence-electron chi connectivity index (χ1n) is 6.17. The highest BCUT2D eigenvalue weighted by molar-refractivity contribution is 5.94. The maximum atomic E-state index is 12.1. The van der Waals surface area contributed by atoms with E-state index in [9.17, 15) is 18.0 Å². The molecule has 4 nitrogen and oxygen atoms in total. The zero-order valence-electron chi connectivity index (χ0n) is 11.2. The summed E-state index contributed by atoms with van der Waals surface area (Å²) in [5.41, 5.74) is 6.48. The lowest BCUT2D eigenvalue weighted by atomic mass is 10.2. The molecule has 0 fully saturated rings. The van der Waals surface area contributed by atoms with Crippen molar-refractivity contribution < 1.29 is 18.0 Å². The Bertz CT molecular complexity index is 449. The molecule has 0 spiro atoms. The number of hydrogen-bond donors (Lipinski definition) is 2. The highest BCUT2D eigenvalue weighted by Crippen LogP contribution is 2.15. The summed E-state index contributed by atoms with van der Waals surface area (Å²) in [6.07, 6.45) is -3.75. The molecule has 0 radical (unpaired) electrons. The van der Waals surface area contributed by atoms with Crippen LogP contribution in [-0.2, 0) is 0 Å². The van der Waals surface area contributed by atoms with E-state index in [1.807, 2.05) is 0 Å². The van der Waals surface area contributed by atoms with Gasteiger partial charge in [0.25, 0.3) is 5.91 Å². The molecule has 0 atom stereocenters. The molecule has 1 aromatic rings. The molecule has 1 rings (SSSR count). The van der Waals surface area contributed by atoms with Gasteiger partial charge in [0.05, 0.1) is 6.54 Å². The van der Waals surface area contributed by atoms with Crippen LogP contribution in [-0.4, -0.2) is 43.7 Å². The SMILES string of the molecule is CN(CCCNC(=O)c1cccc(N)c1)CC(F)(F)F. The van der Waals surface area contributed by atoms with E-state index in [-0.39, 0.29) is 12.5 Å². The maximum absolute atomic E-state index is 12.1. The number of nitrogens with one attached hydrogen (secondary N) is 1. The van der Waals surface area contributed by atoms with Crippen molar-refractivity contribution in [2.24, 2.45) is 0 Å². The molecule has 0 saturated heterocycles. The van der Waals surface area contributed by atoms with E-state index < -0.39 is 12.7 Å². The number of carbonyl (C=O) groups is 1. The molecule has 7 heteroatoms. The normalized spacial score (nSPS) is 11.7. The van der Waals surface area contributed by atoms with Gasteiger partial charge in [-0.25, -0.2) is 0 Å². The second-order valence-corrected chi connectivity index (χ2v) is 4.59. The van der Waals surface area contributed by atoms with Crippen LogP contribution in [0.1, 0.15) is 16.8 Å². The van der Waals surface area contributed by atoms with Crippen molar-refractivity contribution in [3.05, 3.63) is 29.8 Å². The second kappa shape index (κ2) is 7.14. The van der Waals surface area contributed by atoms with Crippen LogP contribution in [0.25, 0.3) is 0 Å². The molecule has 3 N–H and O–H groups in total.